The van der Waals surface area contributed by atoms with Gasteiger partial charge in [0.25, 0.3) is 5.56 Å². The van der Waals surface area contributed by atoms with Crippen molar-refractivity contribution in [3.05, 3.63) is 62.6 Å². The molecule has 3 heterocycles. The number of H-pyrrole nitrogens is 1. The van der Waals surface area contributed by atoms with Crippen LogP contribution in [-0.4, -0.2) is 30.5 Å². The van der Waals surface area contributed by atoms with Crippen LogP contribution in [0.2, 0.25) is 0 Å². The molecule has 7 nitrogen and oxygen atoms in total. The maximum absolute atomic E-state index is 12.6. The van der Waals surface area contributed by atoms with Gasteiger partial charge in [-0.25, -0.2) is 9.78 Å². The first-order valence-electron chi connectivity index (χ1n) is 11.5. The normalized spacial score (nSPS) is 23.6. The van der Waals surface area contributed by atoms with Crippen LogP contribution in [0.1, 0.15) is 56.8 Å². The fourth-order valence-electron chi connectivity index (χ4n) is 5.83. The predicted octanol–water partition coefficient (Wildman–Crippen LogP) is 3.12. The summed E-state index contributed by atoms with van der Waals surface area (Å²) >= 11 is 0. The molecule has 5 rings (SSSR count). The quantitative estimate of drug-likeness (QED) is 0.664. The molecule has 2 unspecified atom stereocenters. The molecule has 0 amide bonds. The molecule has 1 aliphatic carbocycles. The lowest BCUT2D eigenvalue weighted by atomic mass is 9.62. The third-order valence-electron chi connectivity index (χ3n) is 7.49. The largest absolute Gasteiger partial charge is 0.330 e. The van der Waals surface area contributed by atoms with Crippen molar-refractivity contribution in [2.24, 2.45) is 13.0 Å². The van der Waals surface area contributed by atoms with Crippen molar-refractivity contribution in [1.82, 2.24) is 24.0 Å². The second-order valence-electron chi connectivity index (χ2n) is 9.14. The monoisotopic (exact) mass is 421 g/mol. The van der Waals surface area contributed by atoms with Crippen molar-refractivity contribution >= 4 is 11.2 Å². The Bertz CT molecular complexity index is 1210. The van der Waals surface area contributed by atoms with Gasteiger partial charge >= 0.3 is 5.69 Å². The Labute approximate surface area is 181 Å². The van der Waals surface area contributed by atoms with Gasteiger partial charge in [0.15, 0.2) is 11.2 Å². The summed E-state index contributed by atoms with van der Waals surface area (Å²) in [7, 11) is 1.89. The van der Waals surface area contributed by atoms with Gasteiger partial charge < -0.3 is 4.57 Å². The van der Waals surface area contributed by atoms with Gasteiger partial charge in [0.2, 0.25) is 0 Å². The topological polar surface area (TPSA) is 75.9 Å². The number of imidazole rings is 1. The highest BCUT2D eigenvalue weighted by Crippen LogP contribution is 2.54. The molecule has 2 fully saturated rings. The van der Waals surface area contributed by atoms with Crippen LogP contribution >= 0.6 is 0 Å². The van der Waals surface area contributed by atoms with Crippen LogP contribution in [0.4, 0.5) is 0 Å². The zero-order valence-corrected chi connectivity index (χ0v) is 18.4. The summed E-state index contributed by atoms with van der Waals surface area (Å²) in [6, 6.07) is 10.9. The molecule has 7 heteroatoms. The smallest absolute Gasteiger partial charge is 0.324 e. The Morgan fingerprint density at radius 2 is 2.00 bits per heavy atom. The molecule has 2 atom stereocenters. The number of aromatic amines is 1. The van der Waals surface area contributed by atoms with Gasteiger partial charge in [-0.2, -0.15) is 0 Å². The molecule has 2 aromatic heterocycles. The number of aromatic nitrogens is 4. The summed E-state index contributed by atoms with van der Waals surface area (Å²) in [5.74, 6) is 1.51. The fraction of sp³-hybridized carbons (Fsp3) is 0.542. The van der Waals surface area contributed by atoms with E-state index >= 15 is 0 Å². The average molecular weight is 422 g/mol. The van der Waals surface area contributed by atoms with Crippen molar-refractivity contribution in [2.75, 3.05) is 6.54 Å². The highest BCUT2D eigenvalue weighted by Gasteiger charge is 2.54. The second-order valence-corrected chi connectivity index (χ2v) is 9.14. The van der Waals surface area contributed by atoms with Crippen molar-refractivity contribution < 1.29 is 0 Å². The Morgan fingerprint density at radius 1 is 1.19 bits per heavy atom. The molecule has 31 heavy (non-hydrogen) atoms. The molecule has 1 aromatic carbocycles. The predicted molar refractivity (Wildman–Crippen MR) is 121 cm³/mol. The van der Waals surface area contributed by atoms with E-state index in [1.165, 1.54) is 24.8 Å². The summed E-state index contributed by atoms with van der Waals surface area (Å²) in [4.78, 5) is 34.9. The van der Waals surface area contributed by atoms with Gasteiger partial charge in [-0.3, -0.25) is 19.2 Å². The SMILES string of the molecule is CCCCn1c(=O)[nH]c(=O)c2c1nc(CN1CC3CCCCC31c1ccccc1)n2C. The van der Waals surface area contributed by atoms with Crippen molar-refractivity contribution in [1.29, 1.82) is 0 Å². The fourth-order valence-corrected chi connectivity index (χ4v) is 5.83. The zero-order chi connectivity index (χ0) is 21.6. The Hall–Kier alpha value is -2.67. The number of likely N-dealkylation sites (tertiary alicyclic amines) is 1. The minimum absolute atomic E-state index is 0.0615. The van der Waals surface area contributed by atoms with Crippen LogP contribution in [-0.2, 0) is 25.7 Å². The van der Waals surface area contributed by atoms with Gasteiger partial charge in [0.05, 0.1) is 12.1 Å². The molecule has 1 aliphatic heterocycles. The number of hydrogen-bond acceptors (Lipinski definition) is 4. The van der Waals surface area contributed by atoms with Crippen LogP contribution in [0.3, 0.4) is 0 Å². The van der Waals surface area contributed by atoms with Gasteiger partial charge in [0, 0.05) is 20.1 Å². The molecule has 0 spiro atoms. The number of benzene rings is 1. The summed E-state index contributed by atoms with van der Waals surface area (Å²) in [6.45, 7) is 4.39. The van der Waals surface area contributed by atoms with E-state index in [0.29, 0.717) is 30.2 Å². The first kappa shape index (κ1) is 20.2. The van der Waals surface area contributed by atoms with Gasteiger partial charge in [-0.05, 0) is 30.7 Å². The van der Waals surface area contributed by atoms with E-state index in [1.54, 1.807) is 4.57 Å². The number of unbranched alkanes of at least 4 members (excludes halogenated alkanes) is 1. The van der Waals surface area contributed by atoms with Crippen LogP contribution in [0.15, 0.2) is 39.9 Å². The lowest BCUT2D eigenvalue weighted by molar-refractivity contribution is -0.122. The minimum Gasteiger partial charge on any atom is -0.324 e. The van der Waals surface area contributed by atoms with E-state index in [9.17, 15) is 9.59 Å². The number of nitrogens with one attached hydrogen (secondary N) is 1. The average Bonchev–Trinajstić information content (AvgIpc) is 3.09. The Balaban J connectivity index is 1.55. The number of hydrogen-bond donors (Lipinski definition) is 1. The van der Waals surface area contributed by atoms with E-state index in [1.807, 2.05) is 11.6 Å². The summed E-state index contributed by atoms with van der Waals surface area (Å²) in [5.41, 5.74) is 1.72. The molecular formula is C24H31N5O2. The van der Waals surface area contributed by atoms with E-state index in [0.717, 1.165) is 31.6 Å². The Kier molecular flexibility index (Phi) is 5.08. The zero-order valence-electron chi connectivity index (χ0n) is 18.4. The maximum atomic E-state index is 12.6. The molecule has 164 valence electrons. The molecule has 2 aliphatic rings. The first-order chi connectivity index (χ1) is 15.1. The van der Waals surface area contributed by atoms with Crippen LogP contribution < -0.4 is 11.2 Å². The Morgan fingerprint density at radius 3 is 2.74 bits per heavy atom. The van der Waals surface area contributed by atoms with Crippen molar-refractivity contribution in [2.45, 2.75) is 64.1 Å². The van der Waals surface area contributed by atoms with Crippen molar-refractivity contribution in [3.63, 3.8) is 0 Å². The van der Waals surface area contributed by atoms with E-state index in [2.05, 4.69) is 47.1 Å². The second kappa shape index (κ2) is 7.79. The maximum Gasteiger partial charge on any atom is 0.330 e. The van der Waals surface area contributed by atoms with E-state index < -0.39 is 0 Å². The first-order valence-corrected chi connectivity index (χ1v) is 11.5. The van der Waals surface area contributed by atoms with Crippen molar-refractivity contribution in [3.8, 4) is 0 Å². The standard InChI is InChI=1S/C24H31N5O2/c1-3-4-14-29-21-20(22(30)26-23(29)31)27(2)19(25-21)16-28-15-18-12-8-9-13-24(18,28)17-10-6-5-7-11-17/h5-7,10-11,18H,3-4,8-9,12-16H2,1-2H3,(H,26,30,31). The molecule has 0 bridgehead atoms. The molecule has 3 aromatic rings. The lowest BCUT2D eigenvalue weighted by Crippen LogP contribution is -2.65. The van der Waals surface area contributed by atoms with Gasteiger partial charge in [-0.15, -0.1) is 0 Å². The van der Waals surface area contributed by atoms with Crippen LogP contribution in [0.25, 0.3) is 11.2 Å². The summed E-state index contributed by atoms with van der Waals surface area (Å²) in [5, 5.41) is 0. The summed E-state index contributed by atoms with van der Waals surface area (Å²) in [6.07, 6.45) is 6.82. The van der Waals surface area contributed by atoms with Crippen LogP contribution in [0.5, 0.6) is 0 Å². The highest BCUT2D eigenvalue weighted by molar-refractivity contribution is 5.70. The third-order valence-corrected chi connectivity index (χ3v) is 7.49. The lowest BCUT2D eigenvalue weighted by Gasteiger charge is -2.61. The molecule has 1 saturated heterocycles. The third kappa shape index (κ3) is 3.09. The number of aryl methyl sites for hydroxylation is 2. The molecule has 1 N–H and O–H groups in total. The van der Waals surface area contributed by atoms with E-state index in [4.69, 9.17) is 4.98 Å². The van der Waals surface area contributed by atoms with E-state index in [-0.39, 0.29) is 16.8 Å². The van der Waals surface area contributed by atoms with Gasteiger partial charge in [0.1, 0.15) is 5.82 Å². The number of rotatable bonds is 6. The molecule has 0 radical (unpaired) electrons. The minimum atomic E-state index is -0.368. The number of nitrogens with zero attached hydrogens (tertiary/aromatic N) is 4. The molecular weight excluding hydrogens is 390 g/mol. The number of fused-ring (bicyclic) bond motifs is 2. The van der Waals surface area contributed by atoms with Crippen LogP contribution in [0, 0.1) is 5.92 Å². The highest BCUT2D eigenvalue weighted by atomic mass is 16.2. The summed E-state index contributed by atoms with van der Waals surface area (Å²) < 4.78 is 3.50. The molecule has 1 saturated carbocycles. The van der Waals surface area contributed by atoms with Gasteiger partial charge in [-0.1, -0.05) is 56.5 Å².